The molecule has 0 atom stereocenters. The van der Waals surface area contributed by atoms with Crippen LogP contribution in [0, 0.1) is 17.0 Å². The first-order valence-corrected chi connectivity index (χ1v) is 9.33. The fourth-order valence-corrected chi connectivity index (χ4v) is 4.65. The van der Waals surface area contributed by atoms with Gasteiger partial charge in [-0.1, -0.05) is 6.07 Å². The van der Waals surface area contributed by atoms with Gasteiger partial charge in [-0.3, -0.25) is 14.9 Å². The number of phenols is 1. The van der Waals surface area contributed by atoms with Crippen LogP contribution in [0.3, 0.4) is 0 Å². The number of nitro benzene ring substituents is 1. The molecule has 0 unspecified atom stereocenters. The Hall–Kier alpha value is -3.07. The van der Waals surface area contributed by atoms with E-state index < -0.39 is 16.4 Å². The van der Waals surface area contributed by atoms with Gasteiger partial charge in [-0.25, -0.2) is 4.98 Å². The number of para-hydroxylation sites is 1. The van der Waals surface area contributed by atoms with E-state index in [9.17, 15) is 20.0 Å². The van der Waals surface area contributed by atoms with Gasteiger partial charge >= 0.3 is 5.69 Å². The summed E-state index contributed by atoms with van der Waals surface area (Å²) in [5.41, 5.74) is 0.561. The number of nitrogens with zero attached hydrogens (tertiary/aromatic N) is 4. The predicted octanol–water partition coefficient (Wildman–Crippen LogP) is 3.14. The SMILES string of the molecule is Cc1nc2sc3c(c2c(=O)n1N=Cc1cccc([N+](=O)[O-])c1O)CCCC3. The molecule has 0 radical (unpaired) electrons. The van der Waals surface area contributed by atoms with Gasteiger partial charge in [0.05, 0.1) is 16.5 Å². The summed E-state index contributed by atoms with van der Waals surface area (Å²) >= 11 is 1.57. The van der Waals surface area contributed by atoms with Crippen LogP contribution in [0.2, 0.25) is 0 Å². The van der Waals surface area contributed by atoms with Crippen molar-refractivity contribution >= 4 is 33.5 Å². The number of phenolic OH excluding ortho intramolecular Hbond substituents is 1. The fraction of sp³-hybridized carbons (Fsp3) is 0.278. The zero-order valence-electron chi connectivity index (χ0n) is 14.5. The van der Waals surface area contributed by atoms with Crippen molar-refractivity contribution in [1.82, 2.24) is 9.66 Å². The standard InChI is InChI=1S/C18H16N4O4S/c1-10-20-17-15(12-6-2-3-8-14(12)27-17)18(24)21(10)19-9-11-5-4-7-13(16(11)23)22(25)26/h4-5,7,9,23H,2-3,6,8H2,1H3. The Bertz CT molecular complexity index is 1160. The lowest BCUT2D eigenvalue weighted by atomic mass is 9.97. The summed E-state index contributed by atoms with van der Waals surface area (Å²) in [4.78, 5) is 29.8. The first-order chi connectivity index (χ1) is 13.0. The lowest BCUT2D eigenvalue weighted by molar-refractivity contribution is -0.385. The lowest BCUT2D eigenvalue weighted by Gasteiger charge is -2.10. The van der Waals surface area contributed by atoms with Crippen LogP contribution in [-0.2, 0) is 12.8 Å². The van der Waals surface area contributed by atoms with Crippen molar-refractivity contribution in [2.75, 3.05) is 0 Å². The molecule has 0 spiro atoms. The van der Waals surface area contributed by atoms with Crippen LogP contribution in [0.4, 0.5) is 5.69 Å². The zero-order chi connectivity index (χ0) is 19.1. The van der Waals surface area contributed by atoms with E-state index in [1.54, 1.807) is 18.3 Å². The quantitative estimate of drug-likeness (QED) is 0.424. The van der Waals surface area contributed by atoms with Gasteiger partial charge < -0.3 is 5.11 Å². The number of thiophene rings is 1. The summed E-state index contributed by atoms with van der Waals surface area (Å²) in [6.07, 6.45) is 5.25. The van der Waals surface area contributed by atoms with E-state index in [0.29, 0.717) is 11.2 Å². The molecule has 138 valence electrons. The minimum absolute atomic E-state index is 0.156. The molecule has 2 heterocycles. The van der Waals surface area contributed by atoms with Crippen LogP contribution < -0.4 is 5.56 Å². The molecule has 8 nitrogen and oxygen atoms in total. The van der Waals surface area contributed by atoms with E-state index in [1.165, 1.54) is 34.0 Å². The van der Waals surface area contributed by atoms with Crippen LogP contribution in [0.5, 0.6) is 5.75 Å². The molecule has 0 fully saturated rings. The molecule has 0 aliphatic heterocycles. The smallest absolute Gasteiger partial charge is 0.311 e. The number of rotatable bonds is 3. The summed E-state index contributed by atoms with van der Waals surface area (Å²) < 4.78 is 1.18. The third-order valence-electron chi connectivity index (χ3n) is 4.68. The molecular formula is C18H16N4O4S. The van der Waals surface area contributed by atoms with E-state index in [2.05, 4.69) is 10.1 Å². The van der Waals surface area contributed by atoms with Gasteiger partial charge in [0.15, 0.2) is 0 Å². The van der Waals surface area contributed by atoms with Gasteiger partial charge in [-0.05, 0) is 44.2 Å². The number of benzene rings is 1. The fourth-order valence-electron chi connectivity index (χ4n) is 3.35. The molecule has 4 rings (SSSR count). The predicted molar refractivity (Wildman–Crippen MR) is 103 cm³/mol. The number of aromatic nitrogens is 2. The van der Waals surface area contributed by atoms with Gasteiger partial charge in [0.2, 0.25) is 5.75 Å². The summed E-state index contributed by atoms with van der Waals surface area (Å²) in [5, 5.41) is 25.8. The summed E-state index contributed by atoms with van der Waals surface area (Å²) in [5.74, 6) is -0.0637. The second-order valence-electron chi connectivity index (χ2n) is 6.38. The second kappa shape index (κ2) is 6.58. The molecule has 1 aromatic carbocycles. The van der Waals surface area contributed by atoms with Crippen LogP contribution >= 0.6 is 11.3 Å². The minimum Gasteiger partial charge on any atom is -0.502 e. The summed E-state index contributed by atoms with van der Waals surface area (Å²) in [6.45, 7) is 1.68. The molecule has 0 bridgehead atoms. The van der Waals surface area contributed by atoms with Crippen molar-refractivity contribution in [3.63, 3.8) is 0 Å². The number of fused-ring (bicyclic) bond motifs is 3. The van der Waals surface area contributed by atoms with E-state index >= 15 is 0 Å². The molecule has 0 amide bonds. The monoisotopic (exact) mass is 384 g/mol. The highest BCUT2D eigenvalue weighted by molar-refractivity contribution is 7.18. The highest BCUT2D eigenvalue weighted by Crippen LogP contribution is 2.33. The number of nitro groups is 1. The van der Waals surface area contributed by atoms with Gasteiger partial charge in [-0.15, -0.1) is 11.3 Å². The maximum atomic E-state index is 13.0. The Morgan fingerprint density at radius 1 is 1.37 bits per heavy atom. The van der Waals surface area contributed by atoms with E-state index in [1.807, 2.05) is 0 Å². The number of aromatic hydroxyl groups is 1. The molecule has 3 aromatic rings. The largest absolute Gasteiger partial charge is 0.502 e. The normalized spacial score (nSPS) is 14.0. The molecule has 0 saturated carbocycles. The van der Waals surface area contributed by atoms with Gasteiger partial charge in [0, 0.05) is 16.5 Å². The van der Waals surface area contributed by atoms with Gasteiger partial charge in [-0.2, -0.15) is 9.78 Å². The molecule has 1 aliphatic rings. The number of aryl methyl sites for hydroxylation is 3. The van der Waals surface area contributed by atoms with Crippen molar-refractivity contribution in [3.05, 3.63) is 60.5 Å². The summed E-state index contributed by atoms with van der Waals surface area (Å²) in [7, 11) is 0. The van der Waals surface area contributed by atoms with E-state index in [0.717, 1.165) is 36.1 Å². The zero-order valence-corrected chi connectivity index (χ0v) is 15.3. The Morgan fingerprint density at radius 3 is 2.93 bits per heavy atom. The highest BCUT2D eigenvalue weighted by Gasteiger charge is 2.21. The van der Waals surface area contributed by atoms with Crippen molar-refractivity contribution in [1.29, 1.82) is 0 Å². The molecule has 27 heavy (non-hydrogen) atoms. The summed E-state index contributed by atoms with van der Waals surface area (Å²) in [6, 6.07) is 4.14. The van der Waals surface area contributed by atoms with E-state index in [-0.39, 0.29) is 11.1 Å². The van der Waals surface area contributed by atoms with Crippen LogP contribution in [0.25, 0.3) is 10.2 Å². The van der Waals surface area contributed by atoms with Gasteiger partial charge in [0.25, 0.3) is 5.56 Å². The average molecular weight is 384 g/mol. The van der Waals surface area contributed by atoms with Crippen LogP contribution in [-0.4, -0.2) is 25.9 Å². The van der Waals surface area contributed by atoms with Crippen molar-refractivity contribution < 1.29 is 10.0 Å². The average Bonchev–Trinajstić information content (AvgIpc) is 3.00. The molecular weight excluding hydrogens is 368 g/mol. The molecule has 2 aromatic heterocycles. The first-order valence-electron chi connectivity index (χ1n) is 8.52. The van der Waals surface area contributed by atoms with Gasteiger partial charge in [0.1, 0.15) is 10.7 Å². The van der Waals surface area contributed by atoms with E-state index in [4.69, 9.17) is 0 Å². The number of hydrogen-bond acceptors (Lipinski definition) is 7. The Morgan fingerprint density at radius 2 is 2.15 bits per heavy atom. The molecule has 0 saturated heterocycles. The molecule has 9 heteroatoms. The maximum absolute atomic E-state index is 13.0. The second-order valence-corrected chi connectivity index (χ2v) is 7.47. The lowest BCUT2D eigenvalue weighted by Crippen LogP contribution is -2.21. The first kappa shape index (κ1) is 17.3. The molecule has 1 aliphatic carbocycles. The third-order valence-corrected chi connectivity index (χ3v) is 5.87. The Labute approximate surface area is 157 Å². The number of hydrogen-bond donors (Lipinski definition) is 1. The van der Waals surface area contributed by atoms with Crippen LogP contribution in [0.15, 0.2) is 28.1 Å². The van der Waals surface area contributed by atoms with Crippen molar-refractivity contribution in [2.45, 2.75) is 32.6 Å². The highest BCUT2D eigenvalue weighted by atomic mass is 32.1. The van der Waals surface area contributed by atoms with Crippen LogP contribution in [0.1, 0.15) is 34.7 Å². The Kier molecular flexibility index (Phi) is 4.23. The van der Waals surface area contributed by atoms with Crippen molar-refractivity contribution in [2.24, 2.45) is 5.10 Å². The third kappa shape index (κ3) is 2.89. The van der Waals surface area contributed by atoms with Crippen molar-refractivity contribution in [3.8, 4) is 5.75 Å². The maximum Gasteiger partial charge on any atom is 0.311 e. The topological polar surface area (TPSA) is 111 Å². The Balaban J connectivity index is 1.83. The minimum atomic E-state index is -0.671. The molecule has 1 N–H and O–H groups in total.